The highest BCUT2D eigenvalue weighted by Crippen LogP contribution is 2.27. The van der Waals surface area contributed by atoms with Gasteiger partial charge in [-0.15, -0.1) is 0 Å². The number of hydrogen-bond donors (Lipinski definition) is 1. The molecule has 0 bridgehead atoms. The molecule has 0 radical (unpaired) electrons. The molecule has 0 saturated heterocycles. The van der Waals surface area contributed by atoms with Crippen LogP contribution in [0, 0.1) is 6.92 Å². The summed E-state index contributed by atoms with van der Waals surface area (Å²) >= 11 is 9.62. The van der Waals surface area contributed by atoms with Crippen LogP contribution in [0.3, 0.4) is 0 Å². The van der Waals surface area contributed by atoms with E-state index in [1.54, 1.807) is 7.11 Å². The summed E-state index contributed by atoms with van der Waals surface area (Å²) in [5.74, 6) is 0.685. The molecule has 0 aromatic heterocycles. The Hall–Kier alpha value is -1.19. The van der Waals surface area contributed by atoms with Crippen LogP contribution in [-0.2, 0) is 6.54 Å². The van der Waals surface area contributed by atoms with Gasteiger partial charge in [-0.05, 0) is 42.3 Å². The highest BCUT2D eigenvalue weighted by Gasteiger charge is 2.02. The summed E-state index contributed by atoms with van der Waals surface area (Å²) in [7, 11) is 1.61. The van der Waals surface area contributed by atoms with Crippen molar-refractivity contribution in [3.8, 4) is 5.75 Å². The van der Waals surface area contributed by atoms with Crippen molar-refractivity contribution in [3.63, 3.8) is 0 Å². The van der Waals surface area contributed by atoms with E-state index >= 15 is 0 Å². The van der Waals surface area contributed by atoms with Gasteiger partial charge in [0, 0.05) is 16.7 Å². The molecule has 0 aliphatic carbocycles. The Morgan fingerprint density at radius 3 is 2.63 bits per heavy atom. The summed E-state index contributed by atoms with van der Waals surface area (Å²) in [6.07, 6.45) is 0. The molecule has 0 heterocycles. The number of hydrogen-bond acceptors (Lipinski definition) is 2. The molecule has 2 aromatic rings. The van der Waals surface area contributed by atoms with Crippen LogP contribution in [-0.4, -0.2) is 7.11 Å². The average molecular weight is 341 g/mol. The fourth-order valence-corrected chi connectivity index (χ4v) is 2.41. The van der Waals surface area contributed by atoms with Gasteiger partial charge in [0.1, 0.15) is 5.75 Å². The van der Waals surface area contributed by atoms with Crippen molar-refractivity contribution in [2.45, 2.75) is 13.5 Å². The topological polar surface area (TPSA) is 21.3 Å². The molecule has 0 amide bonds. The van der Waals surface area contributed by atoms with Gasteiger partial charge in [-0.2, -0.15) is 0 Å². The zero-order valence-corrected chi connectivity index (χ0v) is 13.2. The first-order chi connectivity index (χ1) is 9.10. The Morgan fingerprint density at radius 2 is 2.00 bits per heavy atom. The third-order valence-corrected chi connectivity index (χ3v) is 4.03. The van der Waals surface area contributed by atoms with Crippen LogP contribution in [0.2, 0.25) is 5.02 Å². The number of nitrogens with one attached hydrogen (secondary N) is 1. The van der Waals surface area contributed by atoms with Crippen molar-refractivity contribution in [2.75, 3.05) is 12.4 Å². The number of aryl methyl sites for hydroxylation is 1. The summed E-state index contributed by atoms with van der Waals surface area (Å²) in [4.78, 5) is 0. The largest absolute Gasteiger partial charge is 0.495 e. The lowest BCUT2D eigenvalue weighted by Gasteiger charge is -2.10. The molecular formula is C15H15BrClNO. The molecule has 0 spiro atoms. The molecule has 0 atom stereocenters. The molecule has 100 valence electrons. The Morgan fingerprint density at radius 1 is 1.21 bits per heavy atom. The van der Waals surface area contributed by atoms with E-state index in [1.807, 2.05) is 18.2 Å². The first-order valence-electron chi connectivity index (χ1n) is 5.92. The Balaban J connectivity index is 2.05. The van der Waals surface area contributed by atoms with Crippen LogP contribution in [0.5, 0.6) is 5.75 Å². The predicted octanol–water partition coefficient (Wildman–Crippen LogP) is 5.03. The summed E-state index contributed by atoms with van der Waals surface area (Å²) in [5, 5.41) is 3.95. The SMILES string of the molecule is COc1ccc(NCc2ccc(C)c(Br)c2)cc1Cl. The van der Waals surface area contributed by atoms with Gasteiger partial charge in [-0.1, -0.05) is 39.7 Å². The number of methoxy groups -OCH3 is 1. The normalized spacial score (nSPS) is 10.3. The maximum absolute atomic E-state index is 6.08. The highest BCUT2D eigenvalue weighted by atomic mass is 79.9. The lowest BCUT2D eigenvalue weighted by Crippen LogP contribution is -1.99. The number of rotatable bonds is 4. The van der Waals surface area contributed by atoms with Crippen LogP contribution in [0.1, 0.15) is 11.1 Å². The molecule has 0 aliphatic rings. The van der Waals surface area contributed by atoms with E-state index in [0.717, 1.165) is 16.7 Å². The molecule has 19 heavy (non-hydrogen) atoms. The Bertz CT molecular complexity index is 586. The molecule has 4 heteroatoms. The van der Waals surface area contributed by atoms with Crippen molar-refractivity contribution in [1.29, 1.82) is 0 Å². The van der Waals surface area contributed by atoms with Crippen molar-refractivity contribution >= 4 is 33.2 Å². The van der Waals surface area contributed by atoms with Crippen molar-refractivity contribution in [2.24, 2.45) is 0 Å². The van der Waals surface area contributed by atoms with Crippen molar-refractivity contribution in [1.82, 2.24) is 0 Å². The van der Waals surface area contributed by atoms with Crippen LogP contribution in [0.15, 0.2) is 40.9 Å². The number of ether oxygens (including phenoxy) is 1. The summed E-state index contributed by atoms with van der Waals surface area (Å²) in [5.41, 5.74) is 3.42. The van der Waals surface area contributed by atoms with Gasteiger partial charge < -0.3 is 10.1 Å². The summed E-state index contributed by atoms with van der Waals surface area (Å²) in [6.45, 7) is 2.83. The van der Waals surface area contributed by atoms with Crippen LogP contribution in [0.4, 0.5) is 5.69 Å². The smallest absolute Gasteiger partial charge is 0.137 e. The maximum Gasteiger partial charge on any atom is 0.137 e. The Labute approximate surface area is 126 Å². The van der Waals surface area contributed by atoms with Crippen LogP contribution >= 0.6 is 27.5 Å². The third kappa shape index (κ3) is 3.64. The van der Waals surface area contributed by atoms with Gasteiger partial charge in [0.15, 0.2) is 0 Å². The standard InChI is InChI=1S/C15H15BrClNO/c1-10-3-4-11(7-13(10)16)9-18-12-5-6-15(19-2)14(17)8-12/h3-8,18H,9H2,1-2H3. The molecule has 0 fully saturated rings. The summed E-state index contributed by atoms with van der Waals surface area (Å²) in [6, 6.07) is 12.0. The fraction of sp³-hybridized carbons (Fsp3) is 0.200. The molecular weight excluding hydrogens is 326 g/mol. The zero-order valence-electron chi connectivity index (χ0n) is 10.8. The van der Waals surface area contributed by atoms with E-state index in [1.165, 1.54) is 11.1 Å². The highest BCUT2D eigenvalue weighted by molar-refractivity contribution is 9.10. The van der Waals surface area contributed by atoms with Crippen LogP contribution in [0.25, 0.3) is 0 Å². The second-order valence-corrected chi connectivity index (χ2v) is 5.55. The predicted molar refractivity (Wildman–Crippen MR) is 84.2 cm³/mol. The number of anilines is 1. The van der Waals surface area contributed by atoms with E-state index in [2.05, 4.69) is 46.4 Å². The molecule has 2 nitrogen and oxygen atoms in total. The monoisotopic (exact) mass is 339 g/mol. The van der Waals surface area contributed by atoms with Crippen LogP contribution < -0.4 is 10.1 Å². The van der Waals surface area contributed by atoms with E-state index in [0.29, 0.717) is 10.8 Å². The van der Waals surface area contributed by atoms with Crippen molar-refractivity contribution in [3.05, 3.63) is 57.0 Å². The van der Waals surface area contributed by atoms with Gasteiger partial charge >= 0.3 is 0 Å². The third-order valence-electron chi connectivity index (χ3n) is 2.88. The van der Waals surface area contributed by atoms with E-state index in [9.17, 15) is 0 Å². The number of benzene rings is 2. The lowest BCUT2D eigenvalue weighted by molar-refractivity contribution is 0.415. The minimum absolute atomic E-state index is 0.609. The molecule has 2 rings (SSSR count). The van der Waals surface area contributed by atoms with E-state index in [4.69, 9.17) is 16.3 Å². The summed E-state index contributed by atoms with van der Waals surface area (Å²) < 4.78 is 6.25. The van der Waals surface area contributed by atoms with Gasteiger partial charge in [0.25, 0.3) is 0 Å². The zero-order chi connectivity index (χ0) is 13.8. The first kappa shape index (κ1) is 14.2. The minimum Gasteiger partial charge on any atom is -0.495 e. The minimum atomic E-state index is 0.609. The quantitative estimate of drug-likeness (QED) is 0.842. The van der Waals surface area contributed by atoms with Gasteiger partial charge in [0.2, 0.25) is 0 Å². The lowest BCUT2D eigenvalue weighted by atomic mass is 10.1. The maximum atomic E-state index is 6.08. The van der Waals surface area contributed by atoms with Gasteiger partial charge in [-0.25, -0.2) is 0 Å². The van der Waals surface area contributed by atoms with Gasteiger partial charge in [-0.3, -0.25) is 0 Å². The molecule has 0 unspecified atom stereocenters. The van der Waals surface area contributed by atoms with Crippen molar-refractivity contribution < 1.29 is 4.74 Å². The second kappa shape index (κ2) is 6.31. The molecule has 0 aliphatic heterocycles. The van der Waals surface area contributed by atoms with Gasteiger partial charge in [0.05, 0.1) is 12.1 Å². The fourth-order valence-electron chi connectivity index (χ4n) is 1.73. The second-order valence-electron chi connectivity index (χ2n) is 4.29. The molecule has 2 aromatic carbocycles. The average Bonchev–Trinajstić information content (AvgIpc) is 2.40. The van der Waals surface area contributed by atoms with E-state index in [-0.39, 0.29) is 0 Å². The Kier molecular flexibility index (Phi) is 4.72. The molecule has 0 saturated carbocycles. The first-order valence-corrected chi connectivity index (χ1v) is 7.09. The van der Waals surface area contributed by atoms with E-state index < -0.39 is 0 Å². The molecule has 1 N–H and O–H groups in total. The number of halogens is 2.